The van der Waals surface area contributed by atoms with E-state index in [9.17, 15) is 24.3 Å². The van der Waals surface area contributed by atoms with Gasteiger partial charge in [0.25, 0.3) is 0 Å². The Bertz CT molecular complexity index is 908. The Hall–Kier alpha value is -3.20. The molecule has 198 valence electrons. The maximum absolute atomic E-state index is 13.0. The Balaban J connectivity index is 2.06. The van der Waals surface area contributed by atoms with Crippen LogP contribution in [0.1, 0.15) is 52.0 Å². The van der Waals surface area contributed by atoms with E-state index < -0.39 is 29.4 Å². The summed E-state index contributed by atoms with van der Waals surface area (Å²) in [7, 11) is 0. The molecule has 0 radical (unpaired) electrons. The Labute approximate surface area is 212 Å². The Kier molecular flexibility index (Phi) is 11.6. The molecule has 0 fully saturated rings. The zero-order valence-corrected chi connectivity index (χ0v) is 21.4. The second kappa shape index (κ2) is 14.4. The number of nitrogens with one attached hydrogen (secondary N) is 1. The van der Waals surface area contributed by atoms with E-state index in [1.165, 1.54) is 0 Å². The number of nitrogens with zero attached hydrogens (tertiary/aromatic N) is 1. The van der Waals surface area contributed by atoms with Gasteiger partial charge >= 0.3 is 11.9 Å². The second-order valence-corrected chi connectivity index (χ2v) is 9.81. The van der Waals surface area contributed by atoms with Gasteiger partial charge in [0.1, 0.15) is 12.2 Å². The van der Waals surface area contributed by atoms with E-state index in [4.69, 9.17) is 9.47 Å². The van der Waals surface area contributed by atoms with E-state index in [1.54, 1.807) is 37.8 Å². The largest absolute Gasteiger partial charge is 0.464 e. The minimum atomic E-state index is -0.697. The van der Waals surface area contributed by atoms with Crippen molar-refractivity contribution in [3.05, 3.63) is 48.0 Å². The lowest BCUT2D eigenvalue weighted by molar-refractivity contribution is -0.161. The van der Waals surface area contributed by atoms with E-state index in [1.807, 2.05) is 30.3 Å². The summed E-state index contributed by atoms with van der Waals surface area (Å²) in [4.78, 5) is 52.1. The molecule has 2 amide bonds. The van der Waals surface area contributed by atoms with Crippen molar-refractivity contribution in [2.45, 2.75) is 58.6 Å². The fourth-order valence-electron chi connectivity index (χ4n) is 3.80. The average Bonchev–Trinajstić information content (AvgIpc) is 2.81. The maximum atomic E-state index is 13.0. The zero-order chi connectivity index (χ0) is 26.6. The molecule has 9 nitrogen and oxygen atoms in total. The third kappa shape index (κ3) is 10.6. The van der Waals surface area contributed by atoms with Crippen LogP contribution in [-0.4, -0.2) is 65.7 Å². The minimum absolute atomic E-state index is 0.0237. The molecule has 9 heteroatoms. The van der Waals surface area contributed by atoms with Crippen LogP contribution in [0, 0.1) is 11.8 Å². The number of allylic oxidation sites excluding steroid dienone is 2. The molecule has 0 aromatic heterocycles. The predicted molar refractivity (Wildman–Crippen MR) is 133 cm³/mol. The molecule has 1 heterocycles. The normalized spacial score (nSPS) is 20.2. The molecule has 2 rings (SSSR count). The van der Waals surface area contributed by atoms with Crippen LogP contribution < -0.4 is 5.32 Å². The summed E-state index contributed by atoms with van der Waals surface area (Å²) in [6.45, 7) is 5.67. The number of carbonyl (C=O) groups is 4. The predicted octanol–water partition coefficient (Wildman–Crippen LogP) is 2.37. The van der Waals surface area contributed by atoms with E-state index in [-0.39, 0.29) is 57.4 Å². The van der Waals surface area contributed by atoms with Gasteiger partial charge in [-0.05, 0) is 39.2 Å². The highest BCUT2D eigenvalue weighted by Gasteiger charge is 2.28. The molecule has 1 aromatic carbocycles. The van der Waals surface area contributed by atoms with Gasteiger partial charge in [-0.15, -0.1) is 0 Å². The van der Waals surface area contributed by atoms with Gasteiger partial charge in [0, 0.05) is 19.5 Å². The number of cyclic esters (lactones) is 1. The van der Waals surface area contributed by atoms with Crippen molar-refractivity contribution < 1.29 is 33.8 Å². The van der Waals surface area contributed by atoms with E-state index in [0.29, 0.717) is 13.0 Å². The van der Waals surface area contributed by atoms with Crippen LogP contribution in [0.3, 0.4) is 0 Å². The van der Waals surface area contributed by atoms with Crippen LogP contribution in [0.15, 0.2) is 42.5 Å². The number of esters is 2. The number of aliphatic hydroxyl groups excluding tert-OH is 1. The molecule has 2 N–H and O–H groups in total. The molecule has 0 saturated carbocycles. The molecule has 36 heavy (non-hydrogen) atoms. The highest BCUT2D eigenvalue weighted by Crippen LogP contribution is 2.19. The highest BCUT2D eigenvalue weighted by molar-refractivity contribution is 5.86. The summed E-state index contributed by atoms with van der Waals surface area (Å²) in [6.07, 6.45) is 3.91. The molecule has 1 aromatic rings. The molecule has 1 aliphatic rings. The molecule has 0 saturated heterocycles. The third-order valence-electron chi connectivity index (χ3n) is 5.55. The summed E-state index contributed by atoms with van der Waals surface area (Å²) in [5.74, 6) is -2.86. The van der Waals surface area contributed by atoms with Crippen molar-refractivity contribution in [1.29, 1.82) is 0 Å². The molecule has 0 spiro atoms. The van der Waals surface area contributed by atoms with Crippen molar-refractivity contribution in [3.63, 3.8) is 0 Å². The van der Waals surface area contributed by atoms with Crippen LogP contribution in [0.25, 0.3) is 0 Å². The number of benzene rings is 1. The lowest BCUT2D eigenvalue weighted by atomic mass is 9.96. The van der Waals surface area contributed by atoms with Gasteiger partial charge in [-0.1, -0.05) is 42.5 Å². The first kappa shape index (κ1) is 29.0. The van der Waals surface area contributed by atoms with Crippen molar-refractivity contribution in [3.8, 4) is 0 Å². The zero-order valence-electron chi connectivity index (χ0n) is 21.4. The minimum Gasteiger partial charge on any atom is -0.464 e. The average molecular weight is 503 g/mol. The Morgan fingerprint density at radius 3 is 2.39 bits per heavy atom. The van der Waals surface area contributed by atoms with E-state index in [0.717, 1.165) is 5.56 Å². The number of carbonyl (C=O) groups excluding carboxylic acids is 4. The van der Waals surface area contributed by atoms with Gasteiger partial charge in [-0.2, -0.15) is 0 Å². The smallest absolute Gasteiger partial charge is 0.309 e. The third-order valence-corrected chi connectivity index (χ3v) is 5.55. The first-order valence-corrected chi connectivity index (χ1v) is 12.3. The first-order valence-electron chi connectivity index (χ1n) is 12.3. The van der Waals surface area contributed by atoms with Gasteiger partial charge < -0.3 is 24.8 Å². The molecular weight excluding hydrogens is 464 g/mol. The summed E-state index contributed by atoms with van der Waals surface area (Å²) < 4.78 is 10.6. The topological polar surface area (TPSA) is 122 Å². The first-order chi connectivity index (χ1) is 17.1. The number of hydrogen-bond acceptors (Lipinski definition) is 7. The van der Waals surface area contributed by atoms with Crippen molar-refractivity contribution in [1.82, 2.24) is 10.2 Å². The lowest BCUT2D eigenvalue weighted by Crippen LogP contribution is -2.39. The van der Waals surface area contributed by atoms with Crippen molar-refractivity contribution >= 4 is 23.8 Å². The number of amides is 2. The fraction of sp³-hybridized carbons (Fsp3) is 0.556. The van der Waals surface area contributed by atoms with E-state index in [2.05, 4.69) is 5.32 Å². The molecule has 0 aliphatic carbocycles. The van der Waals surface area contributed by atoms with Crippen LogP contribution in [0.5, 0.6) is 0 Å². The maximum Gasteiger partial charge on any atom is 0.309 e. The van der Waals surface area contributed by atoms with Crippen LogP contribution in [-0.2, 0) is 35.2 Å². The van der Waals surface area contributed by atoms with Crippen LogP contribution >= 0.6 is 0 Å². The van der Waals surface area contributed by atoms with Crippen LogP contribution in [0.2, 0.25) is 0 Å². The molecule has 2 atom stereocenters. The summed E-state index contributed by atoms with van der Waals surface area (Å²) >= 11 is 0. The summed E-state index contributed by atoms with van der Waals surface area (Å²) in [6, 6.07) is 9.45. The molecular formula is C27H38N2O7. The fourth-order valence-corrected chi connectivity index (χ4v) is 3.80. The molecule has 0 unspecified atom stereocenters. The van der Waals surface area contributed by atoms with Gasteiger partial charge in [0.2, 0.25) is 11.8 Å². The Morgan fingerprint density at radius 1 is 1.08 bits per heavy atom. The SMILES string of the molecule is CC(C)(C)OC(=O)C[C@@H]1C/C=C\C[C@H](CC(=O)N(CCO)Cc2ccccc2)C(=O)NCCOC1=O. The van der Waals surface area contributed by atoms with Gasteiger partial charge in [-0.25, -0.2) is 0 Å². The molecule has 0 bridgehead atoms. The van der Waals surface area contributed by atoms with Gasteiger partial charge in [-0.3, -0.25) is 19.2 Å². The number of rotatable bonds is 8. The number of aliphatic hydroxyl groups is 1. The standard InChI is InChI=1S/C27H38N2O7/c1-27(2,3)36-24(32)18-22-12-8-7-11-21(25(33)28-13-16-35-26(22)34)17-23(31)29(14-15-30)19-20-9-5-4-6-10-20/h4-10,21-22,30H,11-19H2,1-3H3,(H,28,33)/b8-7-/t21-,22+/m1/s1. The van der Waals surface area contributed by atoms with Gasteiger partial charge in [0.05, 0.1) is 31.4 Å². The molecule has 1 aliphatic heterocycles. The Morgan fingerprint density at radius 2 is 1.75 bits per heavy atom. The quantitative estimate of drug-likeness (QED) is 0.413. The number of hydrogen-bond donors (Lipinski definition) is 2. The number of ether oxygens (including phenoxy) is 2. The van der Waals surface area contributed by atoms with Crippen LogP contribution in [0.4, 0.5) is 0 Å². The highest BCUT2D eigenvalue weighted by atomic mass is 16.6. The van der Waals surface area contributed by atoms with Crippen molar-refractivity contribution in [2.24, 2.45) is 11.8 Å². The monoisotopic (exact) mass is 502 g/mol. The lowest BCUT2D eigenvalue weighted by Gasteiger charge is -2.24. The second-order valence-electron chi connectivity index (χ2n) is 9.81. The summed E-state index contributed by atoms with van der Waals surface area (Å²) in [5, 5.41) is 12.2. The van der Waals surface area contributed by atoms with Crippen molar-refractivity contribution in [2.75, 3.05) is 26.3 Å². The summed E-state index contributed by atoms with van der Waals surface area (Å²) in [5.41, 5.74) is 0.275. The van der Waals surface area contributed by atoms with Gasteiger partial charge in [0.15, 0.2) is 0 Å². The van der Waals surface area contributed by atoms with E-state index >= 15 is 0 Å².